The van der Waals surface area contributed by atoms with Crippen LogP contribution < -0.4 is 10.1 Å². The molecular weight excluding hydrogens is 292 g/mol. The number of aryl methyl sites for hydroxylation is 2. The van der Waals surface area contributed by atoms with Gasteiger partial charge in [-0.15, -0.1) is 0 Å². The van der Waals surface area contributed by atoms with Gasteiger partial charge in [-0.3, -0.25) is 9.59 Å². The Morgan fingerprint density at radius 2 is 1.96 bits per heavy atom. The number of likely N-dealkylation sites (tertiary alicyclic amines) is 1. The molecule has 5 heteroatoms. The molecule has 1 heterocycles. The lowest BCUT2D eigenvalue weighted by molar-refractivity contribution is -0.130. The Morgan fingerprint density at radius 3 is 2.70 bits per heavy atom. The van der Waals surface area contributed by atoms with Crippen molar-refractivity contribution in [2.75, 3.05) is 19.7 Å². The molecular formula is C18H24N2O3. The summed E-state index contributed by atoms with van der Waals surface area (Å²) < 4.78 is 5.62. The van der Waals surface area contributed by atoms with Crippen molar-refractivity contribution in [2.45, 2.75) is 45.1 Å². The average molecular weight is 316 g/mol. The summed E-state index contributed by atoms with van der Waals surface area (Å²) in [6.07, 6.45) is 5.08. The first-order valence-electron chi connectivity index (χ1n) is 8.41. The van der Waals surface area contributed by atoms with Crippen molar-refractivity contribution in [1.82, 2.24) is 10.2 Å². The number of nitrogens with zero attached hydrogens (tertiary/aromatic N) is 1. The van der Waals surface area contributed by atoms with Crippen LogP contribution in [0.2, 0.25) is 0 Å². The molecule has 0 spiro atoms. The van der Waals surface area contributed by atoms with Gasteiger partial charge in [0.2, 0.25) is 5.91 Å². The number of rotatable bonds is 4. The van der Waals surface area contributed by atoms with E-state index in [1.165, 1.54) is 17.5 Å². The van der Waals surface area contributed by atoms with E-state index in [1.54, 1.807) is 6.92 Å². The van der Waals surface area contributed by atoms with Gasteiger partial charge in [0.05, 0.1) is 0 Å². The lowest BCUT2D eigenvalue weighted by Crippen LogP contribution is -2.47. The normalized spacial score (nSPS) is 17.7. The Labute approximate surface area is 137 Å². The minimum Gasteiger partial charge on any atom is -0.484 e. The molecule has 1 aromatic carbocycles. The van der Waals surface area contributed by atoms with E-state index in [-0.39, 0.29) is 24.5 Å². The number of amides is 2. The van der Waals surface area contributed by atoms with Crippen LogP contribution >= 0.6 is 0 Å². The van der Waals surface area contributed by atoms with Crippen molar-refractivity contribution < 1.29 is 14.3 Å². The third-order valence-electron chi connectivity index (χ3n) is 4.75. The number of fused-ring (bicyclic) bond motifs is 1. The molecule has 0 unspecified atom stereocenters. The summed E-state index contributed by atoms with van der Waals surface area (Å²) in [5.41, 5.74) is 2.75. The molecule has 3 rings (SSSR count). The molecule has 0 radical (unpaired) electrons. The zero-order valence-electron chi connectivity index (χ0n) is 13.6. The summed E-state index contributed by atoms with van der Waals surface area (Å²) in [6.45, 7) is 3.06. The maximum absolute atomic E-state index is 12.0. The van der Waals surface area contributed by atoms with Gasteiger partial charge >= 0.3 is 0 Å². The number of hydrogen-bond donors (Lipinski definition) is 1. The van der Waals surface area contributed by atoms with Gasteiger partial charge in [-0.2, -0.15) is 0 Å². The van der Waals surface area contributed by atoms with Crippen LogP contribution in [0.15, 0.2) is 18.2 Å². The van der Waals surface area contributed by atoms with Gasteiger partial charge in [0, 0.05) is 26.1 Å². The fraction of sp³-hybridized carbons (Fsp3) is 0.556. The largest absolute Gasteiger partial charge is 0.484 e. The average Bonchev–Trinajstić information content (AvgIpc) is 3.01. The Bertz CT molecular complexity index is 592. The monoisotopic (exact) mass is 316 g/mol. The molecule has 2 amide bonds. The van der Waals surface area contributed by atoms with Crippen LogP contribution in [0.4, 0.5) is 0 Å². The number of carbonyl (C=O) groups excluding carboxylic acids is 2. The van der Waals surface area contributed by atoms with Crippen LogP contribution in [-0.4, -0.2) is 42.5 Å². The number of benzene rings is 1. The summed E-state index contributed by atoms with van der Waals surface area (Å²) in [7, 11) is 0. The second-order valence-corrected chi connectivity index (χ2v) is 6.42. The van der Waals surface area contributed by atoms with Crippen LogP contribution in [0, 0.1) is 0 Å². The number of piperidine rings is 1. The molecule has 1 fully saturated rings. The lowest BCUT2D eigenvalue weighted by Gasteiger charge is -2.31. The Kier molecular flexibility index (Phi) is 4.84. The molecule has 0 atom stereocenters. The van der Waals surface area contributed by atoms with Crippen molar-refractivity contribution in [3.05, 3.63) is 29.3 Å². The molecule has 1 aromatic rings. The second-order valence-electron chi connectivity index (χ2n) is 6.42. The van der Waals surface area contributed by atoms with Crippen molar-refractivity contribution in [1.29, 1.82) is 0 Å². The summed E-state index contributed by atoms with van der Waals surface area (Å²) in [5, 5.41) is 3.00. The van der Waals surface area contributed by atoms with Crippen molar-refractivity contribution in [2.24, 2.45) is 0 Å². The molecule has 0 saturated carbocycles. The predicted octanol–water partition coefficient (Wildman–Crippen LogP) is 1.68. The smallest absolute Gasteiger partial charge is 0.258 e. The van der Waals surface area contributed by atoms with Crippen molar-refractivity contribution in [3.8, 4) is 5.75 Å². The molecule has 5 nitrogen and oxygen atoms in total. The molecule has 0 bridgehead atoms. The third kappa shape index (κ3) is 4.03. The highest BCUT2D eigenvalue weighted by molar-refractivity contribution is 5.78. The van der Waals surface area contributed by atoms with E-state index in [4.69, 9.17) is 4.74 Å². The molecule has 1 aliphatic heterocycles. The summed E-state index contributed by atoms with van der Waals surface area (Å²) in [6, 6.07) is 6.25. The molecule has 124 valence electrons. The van der Waals surface area contributed by atoms with Crippen molar-refractivity contribution >= 4 is 11.8 Å². The van der Waals surface area contributed by atoms with E-state index in [9.17, 15) is 9.59 Å². The van der Waals surface area contributed by atoms with Crippen LogP contribution in [0.25, 0.3) is 0 Å². The van der Waals surface area contributed by atoms with Crippen LogP contribution in [-0.2, 0) is 22.4 Å². The highest BCUT2D eigenvalue weighted by Crippen LogP contribution is 2.25. The maximum atomic E-state index is 12.0. The van der Waals surface area contributed by atoms with Crippen LogP contribution in [0.3, 0.4) is 0 Å². The molecule has 2 aliphatic rings. The third-order valence-corrected chi connectivity index (χ3v) is 4.75. The van der Waals surface area contributed by atoms with Crippen LogP contribution in [0.1, 0.15) is 37.3 Å². The number of ether oxygens (including phenoxy) is 1. The Balaban J connectivity index is 1.42. The first-order valence-corrected chi connectivity index (χ1v) is 8.41. The van der Waals surface area contributed by atoms with E-state index >= 15 is 0 Å². The minimum atomic E-state index is -0.0910. The fourth-order valence-electron chi connectivity index (χ4n) is 3.39. The van der Waals surface area contributed by atoms with Gasteiger partial charge in [0.25, 0.3) is 5.91 Å². The Morgan fingerprint density at radius 1 is 1.22 bits per heavy atom. The fourth-order valence-corrected chi connectivity index (χ4v) is 3.39. The zero-order chi connectivity index (χ0) is 16.2. The molecule has 23 heavy (non-hydrogen) atoms. The van der Waals surface area contributed by atoms with E-state index < -0.39 is 0 Å². The van der Waals surface area contributed by atoms with Crippen LogP contribution in [0.5, 0.6) is 5.75 Å². The minimum absolute atomic E-state index is 0.0473. The van der Waals surface area contributed by atoms with Gasteiger partial charge in [0.1, 0.15) is 5.75 Å². The second kappa shape index (κ2) is 7.02. The highest BCUT2D eigenvalue weighted by atomic mass is 16.5. The lowest BCUT2D eigenvalue weighted by atomic mass is 10.1. The van der Waals surface area contributed by atoms with E-state index in [0.717, 1.165) is 31.4 Å². The SMILES string of the molecule is CC(=O)N1CCC(NC(=O)COc2ccc3c(c2)CCC3)CC1. The first-order chi connectivity index (χ1) is 11.1. The van der Waals surface area contributed by atoms with Crippen molar-refractivity contribution in [3.63, 3.8) is 0 Å². The highest BCUT2D eigenvalue weighted by Gasteiger charge is 2.22. The van der Waals surface area contributed by atoms with Gasteiger partial charge in [-0.05, 0) is 55.4 Å². The topological polar surface area (TPSA) is 58.6 Å². The summed E-state index contributed by atoms with van der Waals surface area (Å²) in [4.78, 5) is 25.1. The molecule has 0 aromatic heterocycles. The predicted molar refractivity (Wildman–Crippen MR) is 87.4 cm³/mol. The van der Waals surface area contributed by atoms with Gasteiger partial charge in [-0.25, -0.2) is 0 Å². The number of hydrogen-bond acceptors (Lipinski definition) is 3. The first kappa shape index (κ1) is 15.8. The molecule has 1 saturated heterocycles. The zero-order valence-corrected chi connectivity index (χ0v) is 13.6. The summed E-state index contributed by atoms with van der Waals surface area (Å²) >= 11 is 0. The molecule has 1 aliphatic carbocycles. The summed E-state index contributed by atoms with van der Waals surface area (Å²) in [5.74, 6) is 0.786. The molecule has 1 N–H and O–H groups in total. The van der Waals surface area contributed by atoms with Gasteiger partial charge < -0.3 is 15.0 Å². The van der Waals surface area contributed by atoms with Gasteiger partial charge in [0.15, 0.2) is 6.61 Å². The number of carbonyl (C=O) groups is 2. The maximum Gasteiger partial charge on any atom is 0.258 e. The Hall–Kier alpha value is -2.04. The number of nitrogens with one attached hydrogen (secondary N) is 1. The quantitative estimate of drug-likeness (QED) is 0.919. The van der Waals surface area contributed by atoms with E-state index in [0.29, 0.717) is 13.1 Å². The van der Waals surface area contributed by atoms with Gasteiger partial charge in [-0.1, -0.05) is 6.07 Å². The van der Waals surface area contributed by atoms with E-state index in [2.05, 4.69) is 17.4 Å². The van der Waals surface area contributed by atoms with E-state index in [1.807, 2.05) is 11.0 Å². The standard InChI is InChI=1S/C18H24N2O3/c1-13(21)20-9-7-16(8-10-20)19-18(22)12-23-17-6-5-14-3-2-4-15(14)11-17/h5-6,11,16H,2-4,7-10,12H2,1H3,(H,19,22).